The molecule has 2 aliphatic heterocycles. The van der Waals surface area contributed by atoms with Gasteiger partial charge in [-0.1, -0.05) is 36.4 Å². The molecule has 1 saturated heterocycles. The van der Waals surface area contributed by atoms with Crippen molar-refractivity contribution in [3.63, 3.8) is 0 Å². The van der Waals surface area contributed by atoms with Crippen molar-refractivity contribution in [1.82, 2.24) is 20.0 Å². The number of nitrogens with zero attached hydrogens (tertiary/aromatic N) is 5. The minimum absolute atomic E-state index is 0.000821. The highest BCUT2D eigenvalue weighted by Gasteiger charge is 2.63. The van der Waals surface area contributed by atoms with Crippen LogP contribution in [-0.2, 0) is 11.3 Å². The second-order valence-electron chi connectivity index (χ2n) is 13.0. The SMILES string of the molecule is CN(Cc1nnc(-c2ccccc2)o1)C(=O)[C@@H]1CCCN(c2cccc3c2C(=O)N(C[C@H]2C[C@H]4C=C[C@H]2C42CC2)C3=O)C1. The van der Waals surface area contributed by atoms with Crippen molar-refractivity contribution in [3.05, 3.63) is 77.7 Å². The van der Waals surface area contributed by atoms with Gasteiger partial charge in [-0.05, 0) is 79.5 Å². The Hall–Kier alpha value is -4.27. The molecule has 3 aromatic rings. The maximum atomic E-state index is 13.8. The van der Waals surface area contributed by atoms with Gasteiger partial charge >= 0.3 is 0 Å². The summed E-state index contributed by atoms with van der Waals surface area (Å²) in [6.45, 7) is 1.93. The molecule has 2 aromatic carbocycles. The van der Waals surface area contributed by atoms with E-state index in [0.29, 0.717) is 59.2 Å². The first kappa shape index (κ1) is 26.4. The molecule has 3 aliphatic carbocycles. The molecule has 2 saturated carbocycles. The molecule has 43 heavy (non-hydrogen) atoms. The number of carbonyl (C=O) groups is 3. The predicted molar refractivity (Wildman–Crippen MR) is 159 cm³/mol. The first-order valence-electron chi connectivity index (χ1n) is 15.5. The Bertz CT molecular complexity index is 1640. The van der Waals surface area contributed by atoms with Crippen LogP contribution in [0.3, 0.4) is 0 Å². The molecular formula is C34H35N5O4. The predicted octanol–water partition coefficient (Wildman–Crippen LogP) is 4.81. The summed E-state index contributed by atoms with van der Waals surface area (Å²) in [6.07, 6.45) is 9.89. The van der Waals surface area contributed by atoms with E-state index in [2.05, 4.69) is 27.2 Å². The smallest absolute Gasteiger partial charge is 0.263 e. The number of allylic oxidation sites excluding steroid dienone is 2. The molecule has 1 spiro atoms. The van der Waals surface area contributed by atoms with Crippen LogP contribution in [0.2, 0.25) is 0 Å². The number of piperidine rings is 1. The van der Waals surface area contributed by atoms with E-state index < -0.39 is 0 Å². The molecule has 0 radical (unpaired) electrons. The van der Waals surface area contributed by atoms with E-state index in [1.54, 1.807) is 18.0 Å². The lowest BCUT2D eigenvalue weighted by molar-refractivity contribution is -0.135. The van der Waals surface area contributed by atoms with E-state index >= 15 is 0 Å². The Kier molecular flexibility index (Phi) is 6.07. The second kappa shape index (κ2) is 9.89. The zero-order valence-electron chi connectivity index (χ0n) is 24.3. The van der Waals surface area contributed by atoms with E-state index in [9.17, 15) is 14.4 Å². The van der Waals surface area contributed by atoms with Gasteiger partial charge in [0.2, 0.25) is 17.7 Å². The van der Waals surface area contributed by atoms with Gasteiger partial charge in [0.1, 0.15) is 0 Å². The summed E-state index contributed by atoms with van der Waals surface area (Å²) in [5.74, 6) is 1.63. The summed E-state index contributed by atoms with van der Waals surface area (Å²) in [4.78, 5) is 46.2. The largest absolute Gasteiger partial charge is 0.419 e. The maximum absolute atomic E-state index is 13.8. The number of imide groups is 1. The highest BCUT2D eigenvalue weighted by atomic mass is 16.4. The molecule has 3 amide bonds. The third-order valence-electron chi connectivity index (χ3n) is 10.6. The van der Waals surface area contributed by atoms with Crippen molar-refractivity contribution in [2.45, 2.75) is 38.6 Å². The summed E-state index contributed by atoms with van der Waals surface area (Å²) in [6, 6.07) is 15.1. The summed E-state index contributed by atoms with van der Waals surface area (Å²) in [5.41, 5.74) is 2.99. The number of carbonyl (C=O) groups excluding carboxylic acids is 3. The molecule has 0 unspecified atom stereocenters. The molecule has 9 nitrogen and oxygen atoms in total. The Balaban J connectivity index is 0.957. The summed E-state index contributed by atoms with van der Waals surface area (Å²) >= 11 is 0. The summed E-state index contributed by atoms with van der Waals surface area (Å²) in [7, 11) is 1.75. The molecule has 3 fully saturated rings. The lowest BCUT2D eigenvalue weighted by atomic mass is 9.88. The number of anilines is 1. The molecule has 1 aromatic heterocycles. The molecule has 220 valence electrons. The van der Waals surface area contributed by atoms with Gasteiger partial charge in [0.15, 0.2) is 0 Å². The fourth-order valence-corrected chi connectivity index (χ4v) is 8.32. The highest BCUT2D eigenvalue weighted by Crippen LogP contribution is 2.70. The van der Waals surface area contributed by atoms with Crippen molar-refractivity contribution in [1.29, 1.82) is 0 Å². The average molecular weight is 578 g/mol. The van der Waals surface area contributed by atoms with Crippen LogP contribution in [0.5, 0.6) is 0 Å². The van der Waals surface area contributed by atoms with Gasteiger partial charge in [-0.25, -0.2) is 0 Å². The van der Waals surface area contributed by atoms with Crippen LogP contribution in [0.15, 0.2) is 65.1 Å². The summed E-state index contributed by atoms with van der Waals surface area (Å²) < 4.78 is 5.82. The Morgan fingerprint density at radius 1 is 1.05 bits per heavy atom. The molecule has 0 N–H and O–H groups in total. The minimum atomic E-state index is -0.245. The van der Waals surface area contributed by atoms with E-state index in [1.165, 1.54) is 17.7 Å². The standard InChI is InChI=1S/C34H35N5O4/c1-37(20-28-35-36-30(43-28)21-7-3-2-4-8-21)31(40)22-9-6-16-38(18-22)27-11-5-10-25-29(27)33(42)39(32(25)41)19-23-17-24-12-13-26(23)34(24)14-15-34/h2-5,7-8,10-13,22-24,26H,6,9,14-20H2,1H3/t22-,23-,24-,26-/m1/s1. The monoisotopic (exact) mass is 577 g/mol. The quantitative estimate of drug-likeness (QED) is 0.294. The molecule has 9 heteroatoms. The van der Waals surface area contributed by atoms with Crippen LogP contribution in [0.1, 0.15) is 58.7 Å². The molecule has 3 heterocycles. The van der Waals surface area contributed by atoms with Gasteiger partial charge < -0.3 is 14.2 Å². The normalized spacial score (nSPS) is 26.4. The second-order valence-corrected chi connectivity index (χ2v) is 13.0. The number of fused-ring (bicyclic) bond motifs is 1. The van der Waals surface area contributed by atoms with E-state index in [1.807, 2.05) is 42.5 Å². The first-order chi connectivity index (χ1) is 20.9. The van der Waals surface area contributed by atoms with Crippen LogP contribution in [0.25, 0.3) is 11.5 Å². The third kappa shape index (κ3) is 4.23. The number of aromatic nitrogens is 2. The van der Waals surface area contributed by atoms with Crippen molar-refractivity contribution in [2.75, 3.05) is 31.6 Å². The topological polar surface area (TPSA) is 99.8 Å². The molecular weight excluding hydrogens is 542 g/mol. The number of amides is 3. The molecule has 5 aliphatic rings. The summed E-state index contributed by atoms with van der Waals surface area (Å²) in [5, 5.41) is 8.29. The zero-order chi connectivity index (χ0) is 29.3. The van der Waals surface area contributed by atoms with Gasteiger partial charge in [0, 0.05) is 32.2 Å². The minimum Gasteiger partial charge on any atom is -0.419 e. The van der Waals surface area contributed by atoms with E-state index in [4.69, 9.17) is 4.42 Å². The Morgan fingerprint density at radius 3 is 2.67 bits per heavy atom. The van der Waals surface area contributed by atoms with Gasteiger partial charge in [-0.15, -0.1) is 10.2 Å². The molecule has 2 bridgehead atoms. The van der Waals surface area contributed by atoms with Crippen molar-refractivity contribution in [2.24, 2.45) is 29.1 Å². The van der Waals surface area contributed by atoms with Crippen molar-refractivity contribution < 1.29 is 18.8 Å². The van der Waals surface area contributed by atoms with Gasteiger partial charge in [0.25, 0.3) is 11.8 Å². The Morgan fingerprint density at radius 2 is 1.88 bits per heavy atom. The average Bonchev–Trinajstić information content (AvgIpc) is 3.35. The van der Waals surface area contributed by atoms with Gasteiger partial charge in [-0.3, -0.25) is 19.3 Å². The third-order valence-corrected chi connectivity index (χ3v) is 10.6. The maximum Gasteiger partial charge on any atom is 0.263 e. The number of hydrogen-bond acceptors (Lipinski definition) is 7. The number of hydrogen-bond donors (Lipinski definition) is 0. The number of rotatable bonds is 7. The lowest BCUT2D eigenvalue weighted by Crippen LogP contribution is -2.44. The van der Waals surface area contributed by atoms with Crippen LogP contribution in [-0.4, -0.2) is 64.4 Å². The van der Waals surface area contributed by atoms with Crippen molar-refractivity contribution in [3.8, 4) is 11.5 Å². The fraction of sp³-hybridized carbons (Fsp3) is 0.441. The zero-order valence-corrected chi connectivity index (χ0v) is 24.3. The van der Waals surface area contributed by atoms with Gasteiger partial charge in [0.05, 0.1) is 29.3 Å². The van der Waals surface area contributed by atoms with Crippen LogP contribution in [0.4, 0.5) is 5.69 Å². The highest BCUT2D eigenvalue weighted by molar-refractivity contribution is 6.23. The van der Waals surface area contributed by atoms with Crippen LogP contribution < -0.4 is 4.90 Å². The molecule has 4 atom stereocenters. The van der Waals surface area contributed by atoms with Crippen LogP contribution >= 0.6 is 0 Å². The van der Waals surface area contributed by atoms with Gasteiger partial charge in [-0.2, -0.15) is 0 Å². The first-order valence-corrected chi connectivity index (χ1v) is 15.5. The number of benzene rings is 2. The Labute approximate surface area is 250 Å². The molecule has 8 rings (SSSR count). The van der Waals surface area contributed by atoms with Crippen molar-refractivity contribution >= 4 is 23.4 Å². The van der Waals surface area contributed by atoms with Crippen LogP contribution in [0, 0.1) is 29.1 Å². The van der Waals surface area contributed by atoms with E-state index in [0.717, 1.165) is 37.1 Å². The fourth-order valence-electron chi connectivity index (χ4n) is 8.32. The van der Waals surface area contributed by atoms with E-state index in [-0.39, 0.29) is 30.2 Å². The lowest BCUT2D eigenvalue weighted by Gasteiger charge is -2.36.